The number of nitrogens with one attached hydrogen (secondary N) is 1. The fraction of sp³-hybridized carbons (Fsp3) is 0.158. The number of thioether (sulfide) groups is 1. The molecule has 3 rings (SSSR count). The number of benzene rings is 2. The summed E-state index contributed by atoms with van der Waals surface area (Å²) in [6.07, 6.45) is 1.80. The van der Waals surface area contributed by atoms with E-state index in [4.69, 9.17) is 26.4 Å². The van der Waals surface area contributed by atoms with Gasteiger partial charge in [0.25, 0.3) is 5.91 Å². The van der Waals surface area contributed by atoms with Gasteiger partial charge >= 0.3 is 0 Å². The van der Waals surface area contributed by atoms with Gasteiger partial charge in [0, 0.05) is 0 Å². The summed E-state index contributed by atoms with van der Waals surface area (Å²) in [7, 11) is 1.63. The van der Waals surface area contributed by atoms with E-state index in [-0.39, 0.29) is 5.91 Å². The minimum atomic E-state index is -0.156. The Morgan fingerprint density at radius 1 is 0.962 bits per heavy atom. The van der Waals surface area contributed by atoms with Gasteiger partial charge in [0.1, 0.15) is 34.8 Å². The van der Waals surface area contributed by atoms with Gasteiger partial charge < -0.3 is 19.5 Å². The number of hydrogen-bond acceptors (Lipinski definition) is 6. The van der Waals surface area contributed by atoms with E-state index in [0.29, 0.717) is 22.4 Å². The zero-order valence-electron chi connectivity index (χ0n) is 14.1. The minimum Gasteiger partial charge on any atom is -0.497 e. The van der Waals surface area contributed by atoms with Crippen LogP contribution in [0.3, 0.4) is 0 Å². The summed E-state index contributed by atoms with van der Waals surface area (Å²) >= 11 is 6.24. The smallest absolute Gasteiger partial charge is 0.263 e. The van der Waals surface area contributed by atoms with Gasteiger partial charge in [-0.15, -0.1) is 0 Å². The molecule has 0 bridgehead atoms. The zero-order valence-corrected chi connectivity index (χ0v) is 15.7. The van der Waals surface area contributed by atoms with Crippen LogP contribution in [0.2, 0.25) is 0 Å². The van der Waals surface area contributed by atoms with Crippen molar-refractivity contribution in [3.05, 3.63) is 59.0 Å². The average Bonchev–Trinajstić information content (AvgIpc) is 2.97. The van der Waals surface area contributed by atoms with Gasteiger partial charge in [0.15, 0.2) is 0 Å². The molecule has 0 spiro atoms. The van der Waals surface area contributed by atoms with Crippen LogP contribution >= 0.6 is 24.0 Å². The molecule has 0 radical (unpaired) electrons. The third-order valence-electron chi connectivity index (χ3n) is 3.50. The van der Waals surface area contributed by atoms with Gasteiger partial charge in [-0.1, -0.05) is 36.1 Å². The molecular weight excluding hydrogens is 370 g/mol. The molecule has 0 unspecified atom stereocenters. The second kappa shape index (κ2) is 8.73. The summed E-state index contributed by atoms with van der Waals surface area (Å²) in [5.41, 5.74) is 0.911. The molecule has 1 amide bonds. The maximum absolute atomic E-state index is 11.6. The molecule has 1 N–H and O–H groups in total. The molecule has 0 aliphatic carbocycles. The van der Waals surface area contributed by atoms with Crippen LogP contribution in [0.1, 0.15) is 5.56 Å². The van der Waals surface area contributed by atoms with Crippen LogP contribution in [0.5, 0.6) is 17.2 Å². The van der Waals surface area contributed by atoms with Crippen LogP contribution in [-0.4, -0.2) is 30.6 Å². The SMILES string of the molecule is COc1ccc(OCCOc2ccc(/C=C3\SC(=S)NC3=O)cc2)cc1. The van der Waals surface area contributed by atoms with Crippen LogP contribution in [-0.2, 0) is 4.79 Å². The van der Waals surface area contributed by atoms with Crippen LogP contribution in [0.4, 0.5) is 0 Å². The molecule has 1 heterocycles. The number of rotatable bonds is 7. The summed E-state index contributed by atoms with van der Waals surface area (Å²) in [4.78, 5) is 12.2. The largest absolute Gasteiger partial charge is 0.497 e. The van der Waals surface area contributed by atoms with E-state index in [1.165, 1.54) is 11.8 Å². The van der Waals surface area contributed by atoms with Gasteiger partial charge in [0.05, 0.1) is 12.0 Å². The fourth-order valence-corrected chi connectivity index (χ4v) is 3.27. The number of carbonyl (C=O) groups is 1. The molecule has 0 saturated carbocycles. The number of methoxy groups -OCH3 is 1. The summed E-state index contributed by atoms with van der Waals surface area (Å²) in [5, 5.41) is 2.59. The highest BCUT2D eigenvalue weighted by Gasteiger charge is 2.21. The second-order valence-corrected chi connectivity index (χ2v) is 7.01. The van der Waals surface area contributed by atoms with Crippen molar-refractivity contribution >= 4 is 40.3 Å². The number of carbonyl (C=O) groups excluding carboxylic acids is 1. The Bertz CT molecular complexity index is 816. The summed E-state index contributed by atoms with van der Waals surface area (Å²) in [6.45, 7) is 0.866. The lowest BCUT2D eigenvalue weighted by atomic mass is 10.2. The van der Waals surface area contributed by atoms with Crippen molar-refractivity contribution in [1.29, 1.82) is 0 Å². The van der Waals surface area contributed by atoms with E-state index < -0.39 is 0 Å². The van der Waals surface area contributed by atoms with Crippen molar-refractivity contribution in [3.8, 4) is 17.2 Å². The number of hydrogen-bond donors (Lipinski definition) is 1. The summed E-state index contributed by atoms with van der Waals surface area (Å²) < 4.78 is 16.9. The van der Waals surface area contributed by atoms with Gasteiger partial charge in [-0.05, 0) is 48.0 Å². The lowest BCUT2D eigenvalue weighted by molar-refractivity contribution is -0.115. The molecule has 1 saturated heterocycles. The van der Waals surface area contributed by atoms with Gasteiger partial charge in [-0.25, -0.2) is 0 Å². The Labute approximate surface area is 161 Å². The van der Waals surface area contributed by atoms with Gasteiger partial charge in [-0.3, -0.25) is 4.79 Å². The Morgan fingerprint density at radius 2 is 1.50 bits per heavy atom. The molecule has 1 aliphatic heterocycles. The highest BCUT2D eigenvalue weighted by atomic mass is 32.2. The molecule has 1 fully saturated rings. The second-order valence-electron chi connectivity index (χ2n) is 5.29. The van der Waals surface area contributed by atoms with E-state index in [1.54, 1.807) is 13.2 Å². The van der Waals surface area contributed by atoms with Crippen LogP contribution in [0.15, 0.2) is 53.4 Å². The maximum Gasteiger partial charge on any atom is 0.263 e. The first-order valence-electron chi connectivity index (χ1n) is 7.88. The fourth-order valence-electron chi connectivity index (χ4n) is 2.22. The Balaban J connectivity index is 1.46. The molecule has 0 atom stereocenters. The van der Waals surface area contributed by atoms with Crippen molar-refractivity contribution in [2.24, 2.45) is 0 Å². The van der Waals surface area contributed by atoms with E-state index in [2.05, 4.69) is 5.32 Å². The first-order valence-corrected chi connectivity index (χ1v) is 9.11. The third-order valence-corrected chi connectivity index (χ3v) is 4.66. The number of thiocarbonyl (C=S) groups is 1. The van der Waals surface area contributed by atoms with Crippen LogP contribution in [0, 0.1) is 0 Å². The lowest BCUT2D eigenvalue weighted by Crippen LogP contribution is -2.17. The van der Waals surface area contributed by atoms with E-state index in [1.807, 2.05) is 48.5 Å². The predicted octanol–water partition coefficient (Wildman–Crippen LogP) is 3.64. The number of amides is 1. The monoisotopic (exact) mass is 387 g/mol. The molecule has 26 heavy (non-hydrogen) atoms. The van der Waals surface area contributed by atoms with Crippen molar-refractivity contribution < 1.29 is 19.0 Å². The third kappa shape index (κ3) is 5.00. The lowest BCUT2D eigenvalue weighted by Gasteiger charge is -2.09. The Kier molecular flexibility index (Phi) is 6.14. The molecule has 1 aliphatic rings. The number of ether oxygens (including phenoxy) is 3. The van der Waals surface area contributed by atoms with E-state index >= 15 is 0 Å². The normalized spacial score (nSPS) is 15.0. The zero-order chi connectivity index (χ0) is 18.4. The van der Waals surface area contributed by atoms with Crippen molar-refractivity contribution in [2.75, 3.05) is 20.3 Å². The molecule has 2 aromatic rings. The van der Waals surface area contributed by atoms with Gasteiger partial charge in [0.2, 0.25) is 0 Å². The topological polar surface area (TPSA) is 56.8 Å². The molecule has 134 valence electrons. The Morgan fingerprint density at radius 3 is 2.00 bits per heavy atom. The summed E-state index contributed by atoms with van der Waals surface area (Å²) in [5.74, 6) is 2.14. The molecular formula is C19H17NO4S2. The highest BCUT2D eigenvalue weighted by Crippen LogP contribution is 2.26. The minimum absolute atomic E-state index is 0.156. The van der Waals surface area contributed by atoms with E-state index in [9.17, 15) is 4.79 Å². The Hall–Kier alpha value is -2.51. The van der Waals surface area contributed by atoms with Crippen LogP contribution in [0.25, 0.3) is 6.08 Å². The highest BCUT2D eigenvalue weighted by molar-refractivity contribution is 8.26. The van der Waals surface area contributed by atoms with Crippen LogP contribution < -0.4 is 19.5 Å². The molecule has 7 heteroatoms. The summed E-state index contributed by atoms with van der Waals surface area (Å²) in [6, 6.07) is 14.9. The quantitative estimate of drug-likeness (QED) is 0.445. The first kappa shape index (κ1) is 18.3. The average molecular weight is 387 g/mol. The standard InChI is InChI=1S/C19H17NO4S2/c1-22-14-6-8-16(9-7-14)24-11-10-23-15-4-2-13(3-5-15)12-17-18(21)20-19(25)26-17/h2-9,12H,10-11H2,1H3,(H,20,21,25)/b17-12-. The molecule has 0 aromatic heterocycles. The van der Waals surface area contributed by atoms with Crippen molar-refractivity contribution in [1.82, 2.24) is 5.32 Å². The first-order chi connectivity index (χ1) is 12.6. The maximum atomic E-state index is 11.6. The molecule has 5 nitrogen and oxygen atoms in total. The van der Waals surface area contributed by atoms with Crippen molar-refractivity contribution in [2.45, 2.75) is 0 Å². The van der Waals surface area contributed by atoms with E-state index in [0.717, 1.165) is 22.8 Å². The van der Waals surface area contributed by atoms with Crippen molar-refractivity contribution in [3.63, 3.8) is 0 Å². The molecule has 2 aromatic carbocycles. The predicted molar refractivity (Wildman–Crippen MR) is 107 cm³/mol. The van der Waals surface area contributed by atoms with Gasteiger partial charge in [-0.2, -0.15) is 0 Å².